The normalized spacial score (nSPS) is 9.29. The molecule has 1 nitrogen and oxygen atoms in total. The van der Waals surface area contributed by atoms with Gasteiger partial charge in [-0.3, -0.25) is 0 Å². The van der Waals surface area contributed by atoms with Crippen LogP contribution in [0.2, 0.25) is 0 Å². The van der Waals surface area contributed by atoms with Crippen LogP contribution in [-0.2, 0) is 0 Å². The SMILES string of the molecule is [B]c1cc(C)co1. The second-order valence-corrected chi connectivity index (χ2v) is 1.53. The van der Waals surface area contributed by atoms with Crippen LogP contribution in [0.25, 0.3) is 0 Å². The summed E-state index contributed by atoms with van der Waals surface area (Å²) in [6.45, 7) is 1.93. The summed E-state index contributed by atoms with van der Waals surface area (Å²) in [5.74, 6) is 0. The lowest BCUT2D eigenvalue weighted by atomic mass is 10.1. The van der Waals surface area contributed by atoms with Crippen molar-refractivity contribution in [1.82, 2.24) is 0 Å². The van der Waals surface area contributed by atoms with Crippen molar-refractivity contribution in [2.75, 3.05) is 0 Å². The third-order valence-corrected chi connectivity index (χ3v) is 0.751. The van der Waals surface area contributed by atoms with Gasteiger partial charge >= 0.3 is 0 Å². The van der Waals surface area contributed by atoms with Gasteiger partial charge in [0.25, 0.3) is 0 Å². The Morgan fingerprint density at radius 3 is 2.57 bits per heavy atom. The minimum Gasteiger partial charge on any atom is -0.481 e. The fraction of sp³-hybridized carbons (Fsp3) is 0.200. The van der Waals surface area contributed by atoms with E-state index in [-0.39, 0.29) is 0 Å². The van der Waals surface area contributed by atoms with Crippen LogP contribution in [0.5, 0.6) is 0 Å². The summed E-state index contributed by atoms with van der Waals surface area (Å²) in [4.78, 5) is 0. The molecule has 0 amide bonds. The zero-order chi connectivity index (χ0) is 5.28. The van der Waals surface area contributed by atoms with E-state index in [2.05, 4.69) is 0 Å². The molecule has 7 heavy (non-hydrogen) atoms. The smallest absolute Gasteiger partial charge is 0.167 e. The quantitative estimate of drug-likeness (QED) is 0.421. The summed E-state index contributed by atoms with van der Waals surface area (Å²) in [6, 6.07) is 1.78. The van der Waals surface area contributed by atoms with Crippen LogP contribution in [0.3, 0.4) is 0 Å². The van der Waals surface area contributed by atoms with Crippen molar-refractivity contribution in [3.05, 3.63) is 17.9 Å². The molecule has 0 saturated carbocycles. The lowest BCUT2D eigenvalue weighted by Gasteiger charge is -1.69. The van der Waals surface area contributed by atoms with Crippen LogP contribution in [0.4, 0.5) is 0 Å². The van der Waals surface area contributed by atoms with E-state index in [1.165, 1.54) is 0 Å². The van der Waals surface area contributed by atoms with Crippen LogP contribution in [0.1, 0.15) is 5.56 Å². The molecular weight excluding hydrogens is 86.9 g/mol. The van der Waals surface area contributed by atoms with Crippen LogP contribution in [-0.4, -0.2) is 7.85 Å². The molecule has 0 aliphatic carbocycles. The molecule has 0 atom stereocenters. The molecule has 0 fully saturated rings. The molecule has 0 aromatic carbocycles. The predicted octanol–water partition coefficient (Wildman–Crippen LogP) is 0.382. The highest BCUT2D eigenvalue weighted by Gasteiger charge is 1.85. The molecule has 0 N–H and O–H groups in total. The molecule has 0 unspecified atom stereocenters. The van der Waals surface area contributed by atoms with Crippen molar-refractivity contribution in [1.29, 1.82) is 0 Å². The van der Waals surface area contributed by atoms with Gasteiger partial charge in [0.05, 0.1) is 6.26 Å². The van der Waals surface area contributed by atoms with Gasteiger partial charge in [-0.15, -0.1) is 0 Å². The Hall–Kier alpha value is -0.655. The fourth-order valence-corrected chi connectivity index (χ4v) is 0.453. The summed E-state index contributed by atoms with van der Waals surface area (Å²) < 4.78 is 4.74. The molecule has 1 aromatic rings. The van der Waals surface area contributed by atoms with Gasteiger partial charge in [-0.2, -0.15) is 0 Å². The zero-order valence-electron chi connectivity index (χ0n) is 4.14. The molecule has 0 spiro atoms. The van der Waals surface area contributed by atoms with Crippen molar-refractivity contribution in [3.8, 4) is 0 Å². The Labute approximate surface area is 43.7 Å². The maximum atomic E-state index is 5.21. The van der Waals surface area contributed by atoms with Crippen molar-refractivity contribution >= 4 is 13.5 Å². The van der Waals surface area contributed by atoms with E-state index in [1.807, 2.05) is 6.92 Å². The van der Waals surface area contributed by atoms with E-state index < -0.39 is 0 Å². The maximum Gasteiger partial charge on any atom is 0.167 e. The average molecular weight is 91.9 g/mol. The monoisotopic (exact) mass is 92.0 g/mol. The minimum absolute atomic E-state index is 0.484. The standard InChI is InChI=1S/C5H5BO/c1-4-2-5(6)7-3-4/h2-3H,1H3. The Kier molecular flexibility index (Phi) is 0.932. The maximum absolute atomic E-state index is 5.21. The summed E-state index contributed by atoms with van der Waals surface area (Å²) in [5, 5.41) is 0. The lowest BCUT2D eigenvalue weighted by molar-refractivity contribution is 0.600. The highest BCUT2D eigenvalue weighted by molar-refractivity contribution is 6.29. The summed E-state index contributed by atoms with van der Waals surface area (Å²) in [6.07, 6.45) is 1.62. The molecule has 2 radical (unpaired) electrons. The van der Waals surface area contributed by atoms with Crippen LogP contribution >= 0.6 is 0 Å². The highest BCUT2D eigenvalue weighted by Crippen LogP contribution is 1.90. The first-order valence-corrected chi connectivity index (χ1v) is 2.09. The largest absolute Gasteiger partial charge is 0.481 e. The summed E-state index contributed by atoms with van der Waals surface area (Å²) >= 11 is 0. The Morgan fingerprint density at radius 2 is 2.43 bits per heavy atom. The molecule has 1 aromatic heterocycles. The summed E-state index contributed by atoms with van der Waals surface area (Å²) in [5.41, 5.74) is 1.55. The molecule has 0 aliphatic rings. The van der Waals surface area contributed by atoms with Gasteiger partial charge in [0.1, 0.15) is 0 Å². The number of rotatable bonds is 0. The Bertz CT molecular complexity index is 140. The first-order chi connectivity index (χ1) is 3.29. The summed E-state index contributed by atoms with van der Waals surface area (Å²) in [7, 11) is 5.21. The van der Waals surface area contributed by atoms with Crippen LogP contribution in [0, 0.1) is 6.92 Å². The first kappa shape index (κ1) is 4.50. The van der Waals surface area contributed by atoms with Gasteiger partial charge in [0.15, 0.2) is 7.85 Å². The number of aryl methyl sites for hydroxylation is 1. The van der Waals surface area contributed by atoms with Gasteiger partial charge < -0.3 is 4.42 Å². The van der Waals surface area contributed by atoms with E-state index in [1.54, 1.807) is 12.3 Å². The number of hydrogen-bond donors (Lipinski definition) is 0. The molecule has 0 aliphatic heterocycles. The lowest BCUT2D eigenvalue weighted by Crippen LogP contribution is -1.92. The second kappa shape index (κ2) is 1.45. The van der Waals surface area contributed by atoms with Gasteiger partial charge in [-0.05, 0) is 18.6 Å². The molecule has 0 bridgehead atoms. The van der Waals surface area contributed by atoms with E-state index in [4.69, 9.17) is 12.3 Å². The highest BCUT2D eigenvalue weighted by atomic mass is 16.3. The molecule has 1 rings (SSSR count). The first-order valence-electron chi connectivity index (χ1n) is 2.09. The minimum atomic E-state index is 0.484. The Balaban J connectivity index is 3.04. The van der Waals surface area contributed by atoms with Crippen LogP contribution < -0.4 is 5.66 Å². The van der Waals surface area contributed by atoms with Crippen molar-refractivity contribution in [2.45, 2.75) is 6.92 Å². The van der Waals surface area contributed by atoms with E-state index in [0.29, 0.717) is 5.66 Å². The van der Waals surface area contributed by atoms with Crippen molar-refractivity contribution < 1.29 is 4.42 Å². The molecule has 0 saturated heterocycles. The third-order valence-electron chi connectivity index (χ3n) is 0.751. The van der Waals surface area contributed by atoms with Gasteiger partial charge in [-0.1, -0.05) is 0 Å². The molecule has 34 valence electrons. The van der Waals surface area contributed by atoms with Crippen molar-refractivity contribution in [2.24, 2.45) is 0 Å². The topological polar surface area (TPSA) is 13.1 Å². The van der Waals surface area contributed by atoms with Gasteiger partial charge in [0, 0.05) is 5.66 Å². The van der Waals surface area contributed by atoms with Gasteiger partial charge in [-0.25, -0.2) is 0 Å². The average Bonchev–Trinajstić information content (AvgIpc) is 1.87. The fourth-order valence-electron chi connectivity index (χ4n) is 0.453. The van der Waals surface area contributed by atoms with Gasteiger partial charge in [0.2, 0.25) is 0 Å². The predicted molar refractivity (Wildman–Crippen MR) is 28.8 cm³/mol. The van der Waals surface area contributed by atoms with E-state index >= 15 is 0 Å². The number of furan rings is 1. The van der Waals surface area contributed by atoms with E-state index in [9.17, 15) is 0 Å². The zero-order valence-corrected chi connectivity index (χ0v) is 4.14. The Morgan fingerprint density at radius 1 is 1.71 bits per heavy atom. The third kappa shape index (κ3) is 0.859. The van der Waals surface area contributed by atoms with Crippen molar-refractivity contribution in [3.63, 3.8) is 0 Å². The second-order valence-electron chi connectivity index (χ2n) is 1.53. The van der Waals surface area contributed by atoms with Crippen LogP contribution in [0.15, 0.2) is 16.7 Å². The molecule has 2 heteroatoms. The number of hydrogen-bond acceptors (Lipinski definition) is 1. The van der Waals surface area contributed by atoms with E-state index in [0.717, 1.165) is 5.56 Å². The molecule has 1 heterocycles. The molecular formula is C5H5BO.